The van der Waals surface area contributed by atoms with Gasteiger partial charge in [-0.1, -0.05) is 0 Å². The van der Waals surface area contributed by atoms with Crippen molar-refractivity contribution in [1.82, 2.24) is 0 Å². The van der Waals surface area contributed by atoms with Crippen molar-refractivity contribution < 1.29 is 9.90 Å². The molecule has 0 spiro atoms. The SMILES string of the molecule is Nc1ccc2c(c1)[C@@H](C(=O)O)N=N2. The number of nitrogen functional groups attached to an aromatic ring is 1. The second-order valence-electron chi connectivity index (χ2n) is 2.77. The van der Waals surface area contributed by atoms with E-state index in [1.807, 2.05) is 0 Å². The first-order valence-electron chi connectivity index (χ1n) is 3.71. The topological polar surface area (TPSA) is 88.0 Å². The quantitative estimate of drug-likeness (QED) is 0.637. The van der Waals surface area contributed by atoms with E-state index < -0.39 is 12.0 Å². The highest BCUT2D eigenvalue weighted by Gasteiger charge is 2.26. The molecule has 1 aromatic rings. The maximum absolute atomic E-state index is 10.7. The molecule has 0 bridgehead atoms. The average Bonchev–Trinajstić information content (AvgIpc) is 2.46. The zero-order valence-corrected chi connectivity index (χ0v) is 6.64. The summed E-state index contributed by atoms with van der Waals surface area (Å²) in [5.74, 6) is -1.01. The summed E-state index contributed by atoms with van der Waals surface area (Å²) in [5, 5.41) is 16.1. The summed E-state index contributed by atoms with van der Waals surface area (Å²) in [4.78, 5) is 10.7. The van der Waals surface area contributed by atoms with Gasteiger partial charge in [0.25, 0.3) is 0 Å². The number of hydrogen-bond donors (Lipinski definition) is 2. The maximum Gasteiger partial charge on any atom is 0.335 e. The van der Waals surface area contributed by atoms with Gasteiger partial charge < -0.3 is 10.8 Å². The van der Waals surface area contributed by atoms with Crippen LogP contribution in [0.25, 0.3) is 0 Å². The van der Waals surface area contributed by atoms with E-state index in [0.717, 1.165) is 0 Å². The molecule has 2 rings (SSSR count). The van der Waals surface area contributed by atoms with Crippen LogP contribution in [0.3, 0.4) is 0 Å². The lowest BCUT2D eigenvalue weighted by molar-refractivity contribution is -0.138. The van der Waals surface area contributed by atoms with E-state index >= 15 is 0 Å². The van der Waals surface area contributed by atoms with Gasteiger partial charge in [0.1, 0.15) is 0 Å². The molecule has 1 atom stereocenters. The predicted molar refractivity (Wildman–Crippen MR) is 45.7 cm³/mol. The van der Waals surface area contributed by atoms with E-state index in [0.29, 0.717) is 16.9 Å². The fourth-order valence-electron chi connectivity index (χ4n) is 1.25. The lowest BCUT2D eigenvalue weighted by Crippen LogP contribution is -2.06. The van der Waals surface area contributed by atoms with Gasteiger partial charge in [0.05, 0.1) is 5.69 Å². The standard InChI is InChI=1S/C8H7N3O2/c9-4-1-2-6-5(3-4)7(8(12)13)11-10-6/h1-3,7H,9H2,(H,12,13)/t7-/m0/s1. The van der Waals surface area contributed by atoms with Crippen LogP contribution in [0.1, 0.15) is 11.6 Å². The summed E-state index contributed by atoms with van der Waals surface area (Å²) in [6.45, 7) is 0. The van der Waals surface area contributed by atoms with Crippen LogP contribution < -0.4 is 5.73 Å². The van der Waals surface area contributed by atoms with Crippen molar-refractivity contribution in [2.75, 3.05) is 5.73 Å². The normalized spacial score (nSPS) is 18.6. The number of benzene rings is 1. The second-order valence-corrected chi connectivity index (χ2v) is 2.77. The zero-order chi connectivity index (χ0) is 9.42. The number of hydrogen-bond acceptors (Lipinski definition) is 4. The van der Waals surface area contributed by atoms with Gasteiger partial charge in [0, 0.05) is 11.3 Å². The number of carboxylic acids is 1. The molecule has 66 valence electrons. The van der Waals surface area contributed by atoms with Crippen LogP contribution >= 0.6 is 0 Å². The molecular formula is C8H7N3O2. The Balaban J connectivity index is 2.51. The molecule has 5 nitrogen and oxygen atoms in total. The number of nitrogens with two attached hydrogens (primary N) is 1. The summed E-state index contributed by atoms with van der Waals surface area (Å²) in [7, 11) is 0. The Kier molecular flexibility index (Phi) is 1.51. The third-order valence-corrected chi connectivity index (χ3v) is 1.86. The van der Waals surface area contributed by atoms with E-state index in [9.17, 15) is 4.79 Å². The first-order chi connectivity index (χ1) is 6.18. The third-order valence-electron chi connectivity index (χ3n) is 1.86. The summed E-state index contributed by atoms with van der Waals surface area (Å²) in [6.07, 6.45) is 0. The van der Waals surface area contributed by atoms with Crippen molar-refractivity contribution in [1.29, 1.82) is 0 Å². The fraction of sp³-hybridized carbons (Fsp3) is 0.125. The molecule has 13 heavy (non-hydrogen) atoms. The van der Waals surface area contributed by atoms with Crippen molar-refractivity contribution >= 4 is 17.3 Å². The molecule has 0 amide bonds. The van der Waals surface area contributed by atoms with E-state index in [1.54, 1.807) is 18.2 Å². The number of nitrogens with zero attached hydrogens (tertiary/aromatic N) is 2. The van der Waals surface area contributed by atoms with E-state index in [4.69, 9.17) is 10.8 Å². The van der Waals surface area contributed by atoms with Crippen molar-refractivity contribution in [2.24, 2.45) is 10.2 Å². The number of fused-ring (bicyclic) bond motifs is 1. The van der Waals surface area contributed by atoms with E-state index in [-0.39, 0.29) is 0 Å². The van der Waals surface area contributed by atoms with Gasteiger partial charge in [-0.05, 0) is 18.2 Å². The van der Waals surface area contributed by atoms with Gasteiger partial charge in [-0.3, -0.25) is 0 Å². The van der Waals surface area contributed by atoms with Crippen LogP contribution in [0.4, 0.5) is 11.4 Å². The maximum atomic E-state index is 10.7. The number of carboxylic acid groups (broad SMARTS) is 1. The van der Waals surface area contributed by atoms with E-state index in [1.165, 1.54) is 0 Å². The van der Waals surface area contributed by atoms with Gasteiger partial charge in [0.2, 0.25) is 0 Å². The molecule has 1 heterocycles. The highest BCUT2D eigenvalue weighted by molar-refractivity contribution is 5.80. The molecule has 3 N–H and O–H groups in total. The molecular weight excluding hydrogens is 170 g/mol. The van der Waals surface area contributed by atoms with Crippen LogP contribution in [0.15, 0.2) is 28.4 Å². The van der Waals surface area contributed by atoms with Crippen LogP contribution in [0.2, 0.25) is 0 Å². The summed E-state index contributed by atoms with van der Waals surface area (Å²) in [5.41, 5.74) is 7.19. The second kappa shape index (κ2) is 2.55. The van der Waals surface area contributed by atoms with Crippen LogP contribution in [0.5, 0.6) is 0 Å². The van der Waals surface area contributed by atoms with Gasteiger partial charge in [-0.25, -0.2) is 4.79 Å². The van der Waals surface area contributed by atoms with Crippen LogP contribution in [0, 0.1) is 0 Å². The highest BCUT2D eigenvalue weighted by Crippen LogP contribution is 2.36. The van der Waals surface area contributed by atoms with Gasteiger partial charge >= 0.3 is 5.97 Å². The Morgan fingerprint density at radius 3 is 3.00 bits per heavy atom. The molecule has 0 aliphatic carbocycles. The number of anilines is 1. The molecule has 0 fully saturated rings. The number of aliphatic carboxylic acids is 1. The Labute approximate surface area is 73.9 Å². The molecule has 0 aromatic heterocycles. The molecule has 0 saturated heterocycles. The monoisotopic (exact) mass is 177 g/mol. The number of azo groups is 1. The molecule has 1 aromatic carbocycles. The van der Waals surface area contributed by atoms with Crippen molar-refractivity contribution in [3.8, 4) is 0 Å². The molecule has 1 aliphatic heterocycles. The molecule has 5 heteroatoms. The summed E-state index contributed by atoms with van der Waals surface area (Å²) in [6, 6.07) is 4.03. The number of carbonyl (C=O) groups is 1. The minimum atomic E-state index is -1.01. The average molecular weight is 177 g/mol. The van der Waals surface area contributed by atoms with Gasteiger partial charge in [0.15, 0.2) is 6.04 Å². The first kappa shape index (κ1) is 7.72. The Bertz CT molecular complexity index is 400. The Morgan fingerprint density at radius 1 is 1.54 bits per heavy atom. The van der Waals surface area contributed by atoms with E-state index in [2.05, 4.69) is 10.2 Å². The van der Waals surface area contributed by atoms with Crippen molar-refractivity contribution in [2.45, 2.75) is 6.04 Å². The predicted octanol–water partition coefficient (Wildman–Crippen LogP) is 1.49. The summed E-state index contributed by atoms with van der Waals surface area (Å²) >= 11 is 0. The largest absolute Gasteiger partial charge is 0.479 e. The smallest absolute Gasteiger partial charge is 0.335 e. The third kappa shape index (κ3) is 1.14. The molecule has 0 saturated carbocycles. The minimum absolute atomic E-state index is 0.525. The summed E-state index contributed by atoms with van der Waals surface area (Å²) < 4.78 is 0. The highest BCUT2D eigenvalue weighted by atomic mass is 16.4. The first-order valence-corrected chi connectivity index (χ1v) is 3.71. The Morgan fingerprint density at radius 2 is 2.31 bits per heavy atom. The van der Waals surface area contributed by atoms with Gasteiger partial charge in [-0.15, -0.1) is 0 Å². The van der Waals surface area contributed by atoms with Crippen LogP contribution in [-0.4, -0.2) is 11.1 Å². The zero-order valence-electron chi connectivity index (χ0n) is 6.64. The molecule has 1 aliphatic rings. The Hall–Kier alpha value is -1.91. The number of rotatable bonds is 1. The lowest BCUT2D eigenvalue weighted by atomic mass is 10.1. The lowest BCUT2D eigenvalue weighted by Gasteiger charge is -2.02. The van der Waals surface area contributed by atoms with Gasteiger partial charge in [-0.2, -0.15) is 10.2 Å². The fourth-order valence-corrected chi connectivity index (χ4v) is 1.25. The minimum Gasteiger partial charge on any atom is -0.479 e. The molecule has 0 unspecified atom stereocenters. The van der Waals surface area contributed by atoms with Crippen molar-refractivity contribution in [3.05, 3.63) is 23.8 Å². The van der Waals surface area contributed by atoms with Crippen molar-refractivity contribution in [3.63, 3.8) is 0 Å². The van der Waals surface area contributed by atoms with Crippen LogP contribution in [-0.2, 0) is 4.79 Å². The molecule has 0 radical (unpaired) electrons.